The third-order valence-corrected chi connectivity index (χ3v) is 5.88. The molecule has 1 aliphatic heterocycles. The summed E-state index contributed by atoms with van der Waals surface area (Å²) < 4.78 is 57.9. The van der Waals surface area contributed by atoms with Gasteiger partial charge in [-0.25, -0.2) is 9.37 Å². The van der Waals surface area contributed by atoms with Gasteiger partial charge in [0, 0.05) is 29.7 Å². The maximum atomic E-state index is 14.5. The van der Waals surface area contributed by atoms with E-state index in [1.54, 1.807) is 17.5 Å². The normalized spacial score (nSPS) is 14.4. The fourth-order valence-electron chi connectivity index (χ4n) is 3.34. The number of halogens is 4. The second-order valence-electron chi connectivity index (χ2n) is 7.21. The van der Waals surface area contributed by atoms with Crippen LogP contribution in [0.3, 0.4) is 0 Å². The molecular weight excluding hydrogens is 446 g/mol. The number of carbonyl (C=O) groups excluding carboxylic acids is 1. The molecule has 0 atom stereocenters. The smallest absolute Gasteiger partial charge is 0.378 e. The van der Waals surface area contributed by atoms with E-state index in [0.29, 0.717) is 53.9 Å². The van der Waals surface area contributed by atoms with Crippen LogP contribution in [0.4, 0.5) is 28.9 Å². The van der Waals surface area contributed by atoms with Gasteiger partial charge in [0.25, 0.3) is 0 Å². The summed E-state index contributed by atoms with van der Waals surface area (Å²) in [5, 5.41) is 4.84. The summed E-state index contributed by atoms with van der Waals surface area (Å²) >= 11 is 1.24. The molecule has 1 N–H and O–H groups in total. The first-order valence-electron chi connectivity index (χ1n) is 9.84. The molecule has 1 saturated heterocycles. The van der Waals surface area contributed by atoms with Gasteiger partial charge in [-0.3, -0.25) is 4.79 Å². The van der Waals surface area contributed by atoms with Crippen molar-refractivity contribution in [3.8, 4) is 10.6 Å². The second-order valence-corrected chi connectivity index (χ2v) is 8.07. The number of ether oxygens (including phenoxy) is 1. The minimum atomic E-state index is -4.40. The lowest BCUT2D eigenvalue weighted by atomic mass is 10.1. The summed E-state index contributed by atoms with van der Waals surface area (Å²) in [6.45, 7) is 2.29. The maximum Gasteiger partial charge on any atom is 0.416 e. The summed E-state index contributed by atoms with van der Waals surface area (Å²) in [6.07, 6.45) is -4.44. The third-order valence-electron chi connectivity index (χ3n) is 4.94. The highest BCUT2D eigenvalue weighted by molar-refractivity contribution is 7.13. The highest BCUT2D eigenvalue weighted by Gasteiger charge is 2.30. The first-order chi connectivity index (χ1) is 15.3. The number of thiazole rings is 1. The number of amides is 1. The molecule has 1 amide bonds. The van der Waals surface area contributed by atoms with Crippen LogP contribution in [-0.2, 0) is 22.1 Å². The quantitative estimate of drug-likeness (QED) is 0.540. The van der Waals surface area contributed by atoms with Gasteiger partial charge < -0.3 is 15.0 Å². The summed E-state index contributed by atoms with van der Waals surface area (Å²) in [5.74, 6) is -0.796. The van der Waals surface area contributed by atoms with Crippen LogP contribution < -0.4 is 10.2 Å². The van der Waals surface area contributed by atoms with Crippen molar-refractivity contribution in [2.24, 2.45) is 0 Å². The standard InChI is InChI=1S/C22H19F4N3O2S/c23-18-11-16(5-6-19(18)29-7-9-31-10-8-29)27-20(30)12-17-13-32-21(28-17)14-1-3-15(4-2-14)22(24,25)26/h1-6,11,13H,7-10,12H2,(H,27,30). The van der Waals surface area contributed by atoms with Crippen molar-refractivity contribution in [3.63, 3.8) is 0 Å². The molecule has 10 heteroatoms. The topological polar surface area (TPSA) is 54.5 Å². The minimum absolute atomic E-state index is 0.0377. The molecule has 4 rings (SSSR count). The fraction of sp³-hybridized carbons (Fsp3) is 0.273. The Balaban J connectivity index is 1.37. The molecule has 5 nitrogen and oxygen atoms in total. The van der Waals surface area contributed by atoms with E-state index in [1.165, 1.54) is 29.5 Å². The average Bonchev–Trinajstić information content (AvgIpc) is 3.22. The van der Waals surface area contributed by atoms with Crippen molar-refractivity contribution in [3.05, 3.63) is 64.9 Å². The zero-order valence-electron chi connectivity index (χ0n) is 16.8. The van der Waals surface area contributed by atoms with Gasteiger partial charge >= 0.3 is 6.18 Å². The predicted octanol–water partition coefficient (Wildman–Crippen LogP) is 4.99. The molecular formula is C22H19F4N3O2S. The summed E-state index contributed by atoms with van der Waals surface area (Å²) in [6, 6.07) is 9.24. The Morgan fingerprint density at radius 3 is 2.50 bits per heavy atom. The molecule has 0 bridgehead atoms. The van der Waals surface area contributed by atoms with Crippen molar-refractivity contribution in [2.45, 2.75) is 12.6 Å². The van der Waals surface area contributed by atoms with Crippen molar-refractivity contribution in [1.29, 1.82) is 0 Å². The molecule has 0 saturated carbocycles. The predicted molar refractivity (Wildman–Crippen MR) is 114 cm³/mol. The van der Waals surface area contributed by atoms with Crippen LogP contribution in [0.2, 0.25) is 0 Å². The van der Waals surface area contributed by atoms with Crippen molar-refractivity contribution < 1.29 is 27.1 Å². The first-order valence-corrected chi connectivity index (χ1v) is 10.7. The molecule has 1 aliphatic rings. The number of hydrogen-bond donors (Lipinski definition) is 1. The Bertz CT molecular complexity index is 1090. The van der Waals surface area contributed by atoms with Gasteiger partial charge in [-0.1, -0.05) is 12.1 Å². The van der Waals surface area contributed by atoms with Gasteiger partial charge in [-0.2, -0.15) is 13.2 Å². The van der Waals surface area contributed by atoms with Crippen molar-refractivity contribution in [2.75, 3.05) is 36.5 Å². The van der Waals surface area contributed by atoms with E-state index in [1.807, 2.05) is 4.90 Å². The number of nitrogens with one attached hydrogen (secondary N) is 1. The van der Waals surface area contributed by atoms with E-state index in [0.717, 1.165) is 12.1 Å². The Kier molecular flexibility index (Phi) is 6.43. The van der Waals surface area contributed by atoms with Crippen LogP contribution >= 0.6 is 11.3 Å². The van der Waals surface area contributed by atoms with Gasteiger partial charge in [0.1, 0.15) is 10.8 Å². The molecule has 0 spiro atoms. The van der Waals surface area contributed by atoms with E-state index in [9.17, 15) is 22.4 Å². The average molecular weight is 465 g/mol. The van der Waals surface area contributed by atoms with Gasteiger partial charge in [0.15, 0.2) is 0 Å². The number of carbonyl (C=O) groups is 1. The van der Waals surface area contributed by atoms with Crippen LogP contribution in [0.1, 0.15) is 11.3 Å². The SMILES string of the molecule is O=C(Cc1csc(-c2ccc(C(F)(F)F)cc2)n1)Nc1ccc(N2CCOCC2)c(F)c1. The minimum Gasteiger partial charge on any atom is -0.378 e. The van der Waals surface area contributed by atoms with Gasteiger partial charge in [0.05, 0.1) is 36.6 Å². The molecule has 0 aliphatic carbocycles. The van der Waals surface area contributed by atoms with Gasteiger partial charge in [-0.05, 0) is 30.3 Å². The highest BCUT2D eigenvalue weighted by Crippen LogP contribution is 2.32. The van der Waals surface area contributed by atoms with Crippen LogP contribution in [0.25, 0.3) is 10.6 Å². The number of nitrogens with zero attached hydrogens (tertiary/aromatic N) is 2. The molecule has 3 aromatic rings. The number of anilines is 2. The largest absolute Gasteiger partial charge is 0.416 e. The zero-order chi connectivity index (χ0) is 22.7. The monoisotopic (exact) mass is 465 g/mol. The lowest BCUT2D eigenvalue weighted by Crippen LogP contribution is -2.36. The fourth-order valence-corrected chi connectivity index (χ4v) is 4.16. The maximum absolute atomic E-state index is 14.5. The van der Waals surface area contributed by atoms with Crippen LogP contribution in [0, 0.1) is 5.82 Å². The number of benzene rings is 2. The van der Waals surface area contributed by atoms with Crippen molar-refractivity contribution >= 4 is 28.6 Å². The molecule has 0 radical (unpaired) electrons. The molecule has 2 heterocycles. The van der Waals surface area contributed by atoms with Gasteiger partial charge in [-0.15, -0.1) is 11.3 Å². The van der Waals surface area contributed by atoms with Crippen LogP contribution in [0.15, 0.2) is 47.8 Å². The van der Waals surface area contributed by atoms with Crippen LogP contribution in [0.5, 0.6) is 0 Å². The van der Waals surface area contributed by atoms with E-state index < -0.39 is 17.6 Å². The zero-order valence-corrected chi connectivity index (χ0v) is 17.6. The van der Waals surface area contributed by atoms with E-state index >= 15 is 0 Å². The Hall–Kier alpha value is -2.98. The van der Waals surface area contributed by atoms with E-state index in [4.69, 9.17) is 4.74 Å². The summed E-state index contributed by atoms with van der Waals surface area (Å²) in [7, 11) is 0. The highest BCUT2D eigenvalue weighted by atomic mass is 32.1. The Labute approximate surface area is 185 Å². The lowest BCUT2D eigenvalue weighted by Gasteiger charge is -2.29. The summed E-state index contributed by atoms with van der Waals surface area (Å²) in [4.78, 5) is 18.6. The molecule has 168 valence electrons. The molecule has 32 heavy (non-hydrogen) atoms. The van der Waals surface area contributed by atoms with E-state index in [-0.39, 0.29) is 12.3 Å². The summed E-state index contributed by atoms with van der Waals surface area (Å²) in [5.41, 5.74) is 1.09. The number of alkyl halides is 3. The molecule has 1 aromatic heterocycles. The Morgan fingerprint density at radius 2 is 1.84 bits per heavy atom. The van der Waals surface area contributed by atoms with E-state index in [2.05, 4.69) is 10.3 Å². The molecule has 2 aromatic carbocycles. The lowest BCUT2D eigenvalue weighted by molar-refractivity contribution is -0.137. The number of hydrogen-bond acceptors (Lipinski definition) is 5. The van der Waals surface area contributed by atoms with Crippen molar-refractivity contribution in [1.82, 2.24) is 4.98 Å². The van der Waals surface area contributed by atoms with Crippen LogP contribution in [-0.4, -0.2) is 37.2 Å². The second kappa shape index (κ2) is 9.25. The van der Waals surface area contributed by atoms with Gasteiger partial charge in [0.2, 0.25) is 5.91 Å². The molecule has 0 unspecified atom stereocenters. The third kappa shape index (κ3) is 5.25. The Morgan fingerprint density at radius 1 is 1.12 bits per heavy atom. The first kappa shape index (κ1) is 22.2. The number of aromatic nitrogens is 1. The molecule has 1 fully saturated rings. The number of morpholine rings is 1. The number of rotatable bonds is 5.